The van der Waals surface area contributed by atoms with Crippen LogP contribution in [0.4, 0.5) is 11.6 Å². The summed E-state index contributed by atoms with van der Waals surface area (Å²) in [5.74, 6) is 1.17. The Kier molecular flexibility index (Phi) is 3.74. The predicted octanol–water partition coefficient (Wildman–Crippen LogP) is 2.43. The Morgan fingerprint density at radius 3 is 2.86 bits per heavy atom. The summed E-state index contributed by atoms with van der Waals surface area (Å²) in [5, 5.41) is 23.5. The number of anilines is 1. The van der Waals surface area contributed by atoms with Gasteiger partial charge >= 0.3 is 0 Å². The molecule has 1 aromatic carbocycles. The highest BCUT2D eigenvalue weighted by Gasteiger charge is 2.19. The lowest BCUT2D eigenvalue weighted by Gasteiger charge is -2.25. The van der Waals surface area contributed by atoms with Crippen molar-refractivity contribution in [3.05, 3.63) is 28.3 Å². The lowest BCUT2D eigenvalue weighted by atomic mass is 9.87. The normalized spacial score (nSPS) is 22.3. The fourth-order valence-electron chi connectivity index (χ4n) is 2.78. The van der Waals surface area contributed by atoms with Gasteiger partial charge in [-0.3, -0.25) is 10.1 Å². The van der Waals surface area contributed by atoms with Crippen molar-refractivity contribution >= 4 is 22.7 Å². The number of rotatable bonds is 4. The molecule has 7 nitrogen and oxygen atoms in total. The van der Waals surface area contributed by atoms with Crippen molar-refractivity contribution in [1.82, 2.24) is 9.97 Å². The zero-order valence-corrected chi connectivity index (χ0v) is 11.6. The fourth-order valence-corrected chi connectivity index (χ4v) is 2.78. The van der Waals surface area contributed by atoms with Crippen LogP contribution in [-0.2, 0) is 0 Å². The SMILES string of the molecule is O=[N+]([O-])c1ccc2nc(NCC3CCC(O)CC3)[nH]c2c1. The van der Waals surface area contributed by atoms with Crippen molar-refractivity contribution in [3.63, 3.8) is 0 Å². The van der Waals surface area contributed by atoms with Gasteiger partial charge in [0.1, 0.15) is 0 Å². The quantitative estimate of drug-likeness (QED) is 0.592. The second kappa shape index (κ2) is 5.69. The number of aliphatic hydroxyl groups excluding tert-OH is 1. The number of benzene rings is 1. The number of imidazole rings is 1. The molecule has 0 bridgehead atoms. The van der Waals surface area contributed by atoms with E-state index >= 15 is 0 Å². The largest absolute Gasteiger partial charge is 0.393 e. The first-order chi connectivity index (χ1) is 10.1. The summed E-state index contributed by atoms with van der Waals surface area (Å²) in [7, 11) is 0. The van der Waals surface area contributed by atoms with Gasteiger partial charge < -0.3 is 15.4 Å². The monoisotopic (exact) mass is 290 g/mol. The summed E-state index contributed by atoms with van der Waals surface area (Å²) >= 11 is 0. The van der Waals surface area contributed by atoms with E-state index in [9.17, 15) is 15.2 Å². The van der Waals surface area contributed by atoms with E-state index < -0.39 is 4.92 Å². The van der Waals surface area contributed by atoms with Crippen molar-refractivity contribution in [2.45, 2.75) is 31.8 Å². The highest BCUT2D eigenvalue weighted by molar-refractivity contribution is 5.79. The Balaban J connectivity index is 1.66. The standard InChI is InChI=1S/C14H18N4O3/c19-11-4-1-9(2-5-11)8-15-14-16-12-6-3-10(18(20)21)7-13(12)17-14/h3,6-7,9,11,19H,1-2,4-5,8H2,(H2,15,16,17). The zero-order valence-electron chi connectivity index (χ0n) is 11.6. The summed E-state index contributed by atoms with van der Waals surface area (Å²) in [4.78, 5) is 17.8. The molecule has 0 atom stereocenters. The molecule has 0 unspecified atom stereocenters. The minimum atomic E-state index is -0.416. The lowest BCUT2D eigenvalue weighted by molar-refractivity contribution is -0.384. The fraction of sp³-hybridized carbons (Fsp3) is 0.500. The highest BCUT2D eigenvalue weighted by Crippen LogP contribution is 2.25. The number of nitrogens with one attached hydrogen (secondary N) is 2. The molecule has 7 heteroatoms. The Morgan fingerprint density at radius 1 is 1.38 bits per heavy atom. The third-order valence-corrected chi connectivity index (χ3v) is 4.05. The van der Waals surface area contributed by atoms with Gasteiger partial charge in [0, 0.05) is 18.7 Å². The molecule has 1 aliphatic rings. The van der Waals surface area contributed by atoms with Crippen LogP contribution in [-0.4, -0.2) is 32.6 Å². The van der Waals surface area contributed by atoms with E-state index in [0.29, 0.717) is 22.9 Å². The van der Waals surface area contributed by atoms with Gasteiger partial charge in [-0.15, -0.1) is 0 Å². The van der Waals surface area contributed by atoms with Gasteiger partial charge in [0.2, 0.25) is 5.95 Å². The second-order valence-electron chi connectivity index (χ2n) is 5.60. The van der Waals surface area contributed by atoms with Crippen LogP contribution < -0.4 is 5.32 Å². The highest BCUT2D eigenvalue weighted by atomic mass is 16.6. The molecule has 1 aromatic heterocycles. The van der Waals surface area contributed by atoms with Crippen LogP contribution >= 0.6 is 0 Å². The summed E-state index contributed by atoms with van der Waals surface area (Å²) < 4.78 is 0. The van der Waals surface area contributed by atoms with E-state index in [1.165, 1.54) is 12.1 Å². The summed E-state index contributed by atoms with van der Waals surface area (Å²) in [6.07, 6.45) is 3.60. The van der Waals surface area contributed by atoms with Crippen LogP contribution in [0.25, 0.3) is 11.0 Å². The minimum absolute atomic E-state index is 0.0546. The summed E-state index contributed by atoms with van der Waals surface area (Å²) in [6.45, 7) is 0.800. The number of hydrogen-bond donors (Lipinski definition) is 3. The second-order valence-corrected chi connectivity index (χ2v) is 5.60. The first-order valence-corrected chi connectivity index (χ1v) is 7.18. The van der Waals surface area contributed by atoms with Gasteiger partial charge in [-0.2, -0.15) is 0 Å². The van der Waals surface area contributed by atoms with Crippen molar-refractivity contribution in [2.24, 2.45) is 5.92 Å². The van der Waals surface area contributed by atoms with E-state index in [2.05, 4.69) is 15.3 Å². The summed E-state index contributed by atoms with van der Waals surface area (Å²) in [6, 6.07) is 4.59. The number of non-ortho nitro benzene ring substituents is 1. The molecule has 112 valence electrons. The first kappa shape index (κ1) is 13.8. The molecule has 0 aliphatic heterocycles. The maximum Gasteiger partial charge on any atom is 0.271 e. The molecule has 1 heterocycles. The third-order valence-electron chi connectivity index (χ3n) is 4.05. The van der Waals surface area contributed by atoms with Gasteiger partial charge in [0.15, 0.2) is 0 Å². The van der Waals surface area contributed by atoms with Gasteiger partial charge in [0.05, 0.1) is 22.1 Å². The van der Waals surface area contributed by atoms with Crippen LogP contribution in [0.1, 0.15) is 25.7 Å². The van der Waals surface area contributed by atoms with Crippen LogP contribution in [0.2, 0.25) is 0 Å². The molecule has 1 fully saturated rings. The van der Waals surface area contributed by atoms with Crippen molar-refractivity contribution in [2.75, 3.05) is 11.9 Å². The maximum absolute atomic E-state index is 10.7. The van der Waals surface area contributed by atoms with E-state index in [1.54, 1.807) is 6.07 Å². The summed E-state index contributed by atoms with van der Waals surface area (Å²) in [5.41, 5.74) is 1.42. The number of aromatic nitrogens is 2. The molecule has 21 heavy (non-hydrogen) atoms. The number of nitrogens with zero attached hydrogens (tertiary/aromatic N) is 2. The Hall–Kier alpha value is -2.15. The van der Waals surface area contributed by atoms with Crippen molar-refractivity contribution in [1.29, 1.82) is 0 Å². The van der Waals surface area contributed by atoms with E-state index in [4.69, 9.17) is 0 Å². The average molecular weight is 290 g/mol. The van der Waals surface area contributed by atoms with Gasteiger partial charge in [0.25, 0.3) is 5.69 Å². The number of nitro groups is 1. The van der Waals surface area contributed by atoms with Crippen LogP contribution in [0.3, 0.4) is 0 Å². The molecular weight excluding hydrogens is 272 g/mol. The Bertz CT molecular complexity index is 647. The number of aliphatic hydroxyl groups is 1. The molecule has 0 saturated heterocycles. The molecule has 3 N–H and O–H groups in total. The van der Waals surface area contributed by atoms with E-state index in [0.717, 1.165) is 32.2 Å². The van der Waals surface area contributed by atoms with E-state index in [1.807, 2.05) is 0 Å². The van der Waals surface area contributed by atoms with Crippen molar-refractivity contribution < 1.29 is 10.0 Å². The number of fused-ring (bicyclic) bond motifs is 1. The Morgan fingerprint density at radius 2 is 2.14 bits per heavy atom. The number of H-pyrrole nitrogens is 1. The zero-order chi connectivity index (χ0) is 14.8. The number of hydrogen-bond acceptors (Lipinski definition) is 5. The molecule has 0 amide bonds. The molecule has 1 aliphatic carbocycles. The smallest absolute Gasteiger partial charge is 0.271 e. The third kappa shape index (κ3) is 3.13. The molecular formula is C14H18N4O3. The number of nitro benzene ring substituents is 1. The molecule has 1 saturated carbocycles. The molecule has 2 aromatic rings. The van der Waals surface area contributed by atoms with Gasteiger partial charge in [-0.25, -0.2) is 4.98 Å². The number of aromatic amines is 1. The first-order valence-electron chi connectivity index (χ1n) is 7.18. The predicted molar refractivity (Wildman–Crippen MR) is 79.2 cm³/mol. The van der Waals surface area contributed by atoms with Crippen LogP contribution in [0.5, 0.6) is 0 Å². The van der Waals surface area contributed by atoms with Crippen LogP contribution in [0.15, 0.2) is 18.2 Å². The minimum Gasteiger partial charge on any atom is -0.393 e. The van der Waals surface area contributed by atoms with Gasteiger partial charge in [-0.05, 0) is 37.7 Å². The van der Waals surface area contributed by atoms with Crippen LogP contribution in [0, 0.1) is 16.0 Å². The topological polar surface area (TPSA) is 104 Å². The average Bonchev–Trinajstić information content (AvgIpc) is 2.88. The van der Waals surface area contributed by atoms with Crippen molar-refractivity contribution in [3.8, 4) is 0 Å². The molecule has 3 rings (SSSR count). The van der Waals surface area contributed by atoms with E-state index in [-0.39, 0.29) is 11.8 Å². The van der Waals surface area contributed by atoms with Gasteiger partial charge in [-0.1, -0.05) is 0 Å². The molecule has 0 spiro atoms. The lowest BCUT2D eigenvalue weighted by Crippen LogP contribution is -2.23. The maximum atomic E-state index is 10.7. The molecule has 0 radical (unpaired) electrons. The Labute approximate surface area is 121 Å².